The second kappa shape index (κ2) is 10.0. The first-order chi connectivity index (χ1) is 9.32. The van der Waals surface area contributed by atoms with Gasteiger partial charge in [-0.05, 0) is 12.3 Å². The first-order valence-electron chi connectivity index (χ1n) is 6.46. The van der Waals surface area contributed by atoms with Crippen LogP contribution in [0, 0.1) is 5.92 Å². The van der Waals surface area contributed by atoms with E-state index in [0.717, 1.165) is 0 Å². The molecule has 0 radical (unpaired) electrons. The minimum Gasteiger partial charge on any atom is -0.480 e. The number of hydrogen-bond acceptors (Lipinski definition) is 4. The molecule has 0 heterocycles. The van der Waals surface area contributed by atoms with Crippen LogP contribution < -0.4 is 16.4 Å². The Morgan fingerprint density at radius 2 is 1.95 bits per heavy atom. The number of rotatable bonds is 10. The monoisotopic (exact) mass is 289 g/mol. The van der Waals surface area contributed by atoms with Crippen molar-refractivity contribution in [3.63, 3.8) is 0 Å². The molecule has 0 aliphatic carbocycles. The highest BCUT2D eigenvalue weighted by Gasteiger charge is 2.21. The molecule has 0 aliphatic rings. The molecule has 0 aliphatic heterocycles. The zero-order valence-electron chi connectivity index (χ0n) is 11.8. The molecule has 8 heteroatoms. The Bertz CT molecular complexity index is 333. The lowest BCUT2D eigenvalue weighted by Crippen LogP contribution is -2.47. The van der Waals surface area contributed by atoms with Crippen LogP contribution in [0.5, 0.6) is 0 Å². The first kappa shape index (κ1) is 18.2. The van der Waals surface area contributed by atoms with Gasteiger partial charge in [0.15, 0.2) is 0 Å². The third-order valence-corrected chi connectivity index (χ3v) is 2.21. The summed E-state index contributed by atoms with van der Waals surface area (Å²) in [6, 6.07) is -1.97. The Labute approximate surface area is 118 Å². The van der Waals surface area contributed by atoms with Gasteiger partial charge in [0, 0.05) is 19.8 Å². The van der Waals surface area contributed by atoms with Gasteiger partial charge >= 0.3 is 12.0 Å². The molecule has 0 aromatic heterocycles. The van der Waals surface area contributed by atoms with Gasteiger partial charge in [-0.3, -0.25) is 4.79 Å². The van der Waals surface area contributed by atoms with Crippen molar-refractivity contribution in [2.24, 2.45) is 11.7 Å². The van der Waals surface area contributed by atoms with Gasteiger partial charge in [0.25, 0.3) is 0 Å². The minimum atomic E-state index is -1.32. The topological polar surface area (TPSA) is 131 Å². The number of nitrogens with one attached hydrogen (secondary N) is 2. The largest absolute Gasteiger partial charge is 0.480 e. The molecule has 0 unspecified atom stereocenters. The molecule has 0 spiro atoms. The van der Waals surface area contributed by atoms with E-state index in [1.807, 2.05) is 13.8 Å². The van der Waals surface area contributed by atoms with E-state index in [-0.39, 0.29) is 0 Å². The number of urea groups is 1. The predicted molar refractivity (Wildman–Crippen MR) is 72.0 cm³/mol. The van der Waals surface area contributed by atoms with Gasteiger partial charge in [-0.15, -0.1) is 0 Å². The van der Waals surface area contributed by atoms with E-state index in [0.29, 0.717) is 32.1 Å². The molecule has 0 saturated heterocycles. The van der Waals surface area contributed by atoms with E-state index in [1.165, 1.54) is 0 Å². The zero-order chi connectivity index (χ0) is 15.5. The first-order valence-corrected chi connectivity index (χ1v) is 6.46. The molecule has 0 aromatic rings. The smallest absolute Gasteiger partial charge is 0.326 e. The highest BCUT2D eigenvalue weighted by molar-refractivity contribution is 5.87. The van der Waals surface area contributed by atoms with E-state index >= 15 is 0 Å². The number of carboxylic acids is 1. The number of carbonyl (C=O) groups excluding carboxylic acids is 2. The number of hydrogen-bond donors (Lipinski definition) is 4. The van der Waals surface area contributed by atoms with Crippen LogP contribution in [0.1, 0.15) is 26.7 Å². The standard InChI is InChI=1S/C12H23N3O5/c1-8(2)7-20-5-3-4-14-12(19)15-9(11(17)18)6-10(13)16/h8-9H,3-7H2,1-2H3,(H2,13,16)(H,17,18)(H2,14,15,19)/t9-/m0/s1. The van der Waals surface area contributed by atoms with Crippen molar-refractivity contribution in [2.75, 3.05) is 19.8 Å². The lowest BCUT2D eigenvalue weighted by Gasteiger charge is -2.13. The highest BCUT2D eigenvalue weighted by atomic mass is 16.5. The fraction of sp³-hybridized carbons (Fsp3) is 0.750. The third kappa shape index (κ3) is 10.1. The highest BCUT2D eigenvalue weighted by Crippen LogP contribution is 1.93. The van der Waals surface area contributed by atoms with Gasteiger partial charge in [-0.25, -0.2) is 9.59 Å². The summed E-state index contributed by atoms with van der Waals surface area (Å²) < 4.78 is 5.32. The van der Waals surface area contributed by atoms with Gasteiger partial charge in [-0.1, -0.05) is 13.8 Å². The lowest BCUT2D eigenvalue weighted by molar-refractivity contribution is -0.140. The average molecular weight is 289 g/mol. The Balaban J connectivity index is 3.80. The van der Waals surface area contributed by atoms with Gasteiger partial charge in [0.1, 0.15) is 6.04 Å². The normalized spacial score (nSPS) is 11.9. The van der Waals surface area contributed by atoms with Gasteiger partial charge < -0.3 is 26.2 Å². The third-order valence-electron chi connectivity index (χ3n) is 2.21. The summed E-state index contributed by atoms with van der Waals surface area (Å²) in [6.45, 7) is 5.60. The predicted octanol–water partition coefficient (Wildman–Crippen LogP) is -0.323. The molecule has 0 fully saturated rings. The van der Waals surface area contributed by atoms with Crippen molar-refractivity contribution in [1.29, 1.82) is 0 Å². The second-order valence-electron chi connectivity index (χ2n) is 4.78. The molecule has 0 rings (SSSR count). The molecule has 116 valence electrons. The zero-order valence-corrected chi connectivity index (χ0v) is 11.8. The maximum absolute atomic E-state index is 11.4. The molecular formula is C12H23N3O5. The SMILES string of the molecule is CC(C)COCCCNC(=O)N[C@@H](CC(N)=O)C(=O)O. The minimum absolute atomic E-state index is 0.354. The van der Waals surface area contributed by atoms with Crippen LogP contribution in [0.15, 0.2) is 0 Å². The van der Waals surface area contributed by atoms with Crippen molar-refractivity contribution in [2.45, 2.75) is 32.7 Å². The van der Waals surface area contributed by atoms with Crippen molar-refractivity contribution < 1.29 is 24.2 Å². The van der Waals surface area contributed by atoms with Gasteiger partial charge in [0.2, 0.25) is 5.91 Å². The number of amides is 3. The van der Waals surface area contributed by atoms with Crippen LogP contribution >= 0.6 is 0 Å². The number of carbonyl (C=O) groups is 3. The summed E-state index contributed by atoms with van der Waals surface area (Å²) >= 11 is 0. The molecule has 8 nitrogen and oxygen atoms in total. The van der Waals surface area contributed by atoms with Crippen molar-refractivity contribution in [1.82, 2.24) is 10.6 Å². The summed E-state index contributed by atoms with van der Waals surface area (Å²) in [5, 5.41) is 13.4. The fourth-order valence-electron chi connectivity index (χ4n) is 1.31. The van der Waals surface area contributed by atoms with Crippen molar-refractivity contribution in [3.8, 4) is 0 Å². The Kier molecular flexibility index (Phi) is 9.10. The second-order valence-corrected chi connectivity index (χ2v) is 4.78. The Hall–Kier alpha value is -1.83. The number of primary amides is 1. The Morgan fingerprint density at radius 3 is 2.45 bits per heavy atom. The number of carboxylic acid groups (broad SMARTS) is 1. The summed E-state index contributed by atoms with van der Waals surface area (Å²) in [4.78, 5) is 32.8. The quantitative estimate of drug-likeness (QED) is 0.409. The number of ether oxygens (including phenoxy) is 1. The van der Waals surface area contributed by atoms with Gasteiger partial charge in [-0.2, -0.15) is 0 Å². The maximum atomic E-state index is 11.4. The summed E-state index contributed by atoms with van der Waals surface area (Å²) in [5.74, 6) is -1.64. The van der Waals surface area contributed by atoms with E-state index in [1.54, 1.807) is 0 Å². The van der Waals surface area contributed by atoms with Crippen LogP contribution in [0.25, 0.3) is 0 Å². The number of aliphatic carboxylic acids is 1. The van der Waals surface area contributed by atoms with Crippen molar-refractivity contribution >= 4 is 17.9 Å². The number of nitrogens with two attached hydrogens (primary N) is 1. The van der Waals surface area contributed by atoms with Crippen LogP contribution in [0.3, 0.4) is 0 Å². The molecule has 20 heavy (non-hydrogen) atoms. The molecule has 0 bridgehead atoms. The maximum Gasteiger partial charge on any atom is 0.326 e. The van der Waals surface area contributed by atoms with Gasteiger partial charge in [0.05, 0.1) is 6.42 Å². The average Bonchev–Trinajstić information content (AvgIpc) is 2.31. The molecule has 3 amide bonds. The summed E-state index contributed by atoms with van der Waals surface area (Å²) in [5.41, 5.74) is 4.90. The van der Waals surface area contributed by atoms with E-state index < -0.39 is 30.4 Å². The molecule has 1 atom stereocenters. The van der Waals surface area contributed by atoms with Crippen LogP contribution in [0.4, 0.5) is 4.79 Å². The van der Waals surface area contributed by atoms with E-state index in [2.05, 4.69) is 10.6 Å². The fourth-order valence-corrected chi connectivity index (χ4v) is 1.31. The van der Waals surface area contributed by atoms with Crippen LogP contribution in [-0.2, 0) is 14.3 Å². The van der Waals surface area contributed by atoms with E-state index in [4.69, 9.17) is 15.6 Å². The molecule has 0 saturated carbocycles. The lowest BCUT2D eigenvalue weighted by atomic mass is 10.2. The molecule has 5 N–H and O–H groups in total. The summed E-state index contributed by atoms with van der Waals surface area (Å²) in [7, 11) is 0. The van der Waals surface area contributed by atoms with Crippen LogP contribution in [0.2, 0.25) is 0 Å². The van der Waals surface area contributed by atoms with Crippen LogP contribution in [-0.4, -0.2) is 48.8 Å². The Morgan fingerprint density at radius 1 is 1.30 bits per heavy atom. The molecular weight excluding hydrogens is 266 g/mol. The van der Waals surface area contributed by atoms with Crippen molar-refractivity contribution in [3.05, 3.63) is 0 Å². The van der Waals surface area contributed by atoms with E-state index in [9.17, 15) is 14.4 Å². The summed E-state index contributed by atoms with van der Waals surface area (Å²) in [6.07, 6.45) is 0.175. The molecule has 0 aromatic carbocycles.